The highest BCUT2D eigenvalue weighted by Gasteiger charge is 2.55. The molecule has 178 valence electrons. The SMILES string of the molecule is CC(C)(C)OC(=O)N1C(=O)[C@@](C)(CO[SiH](c2ccccc2)c2ccccc2)C[C@H]1C(C)(C)C. The van der Waals surface area contributed by atoms with Crippen molar-refractivity contribution >= 4 is 31.4 Å². The van der Waals surface area contributed by atoms with E-state index in [1.54, 1.807) is 0 Å². The number of benzene rings is 2. The first-order valence-electron chi connectivity index (χ1n) is 11.6. The molecule has 2 aromatic rings. The predicted molar refractivity (Wildman–Crippen MR) is 134 cm³/mol. The van der Waals surface area contributed by atoms with Gasteiger partial charge < -0.3 is 9.16 Å². The third-order valence-corrected chi connectivity index (χ3v) is 8.53. The van der Waals surface area contributed by atoms with Gasteiger partial charge in [0.1, 0.15) is 5.60 Å². The first kappa shape index (κ1) is 25.2. The Kier molecular flexibility index (Phi) is 7.20. The summed E-state index contributed by atoms with van der Waals surface area (Å²) >= 11 is 0. The smallest absolute Gasteiger partial charge is 0.417 e. The zero-order chi connectivity index (χ0) is 24.4. The minimum absolute atomic E-state index is 0.217. The van der Waals surface area contributed by atoms with E-state index in [-0.39, 0.29) is 24.0 Å². The van der Waals surface area contributed by atoms with Crippen molar-refractivity contribution in [3.63, 3.8) is 0 Å². The highest BCUT2D eigenvalue weighted by atomic mass is 28.3. The van der Waals surface area contributed by atoms with Crippen LogP contribution in [0.1, 0.15) is 54.9 Å². The van der Waals surface area contributed by atoms with Gasteiger partial charge in [0.2, 0.25) is 14.9 Å². The van der Waals surface area contributed by atoms with E-state index in [2.05, 4.69) is 45.0 Å². The van der Waals surface area contributed by atoms with E-state index in [1.165, 1.54) is 4.90 Å². The van der Waals surface area contributed by atoms with E-state index in [0.29, 0.717) is 6.42 Å². The summed E-state index contributed by atoms with van der Waals surface area (Å²) in [5, 5.41) is 2.32. The summed E-state index contributed by atoms with van der Waals surface area (Å²) in [4.78, 5) is 28.0. The van der Waals surface area contributed by atoms with Crippen LogP contribution in [-0.4, -0.2) is 44.2 Å². The van der Waals surface area contributed by atoms with Gasteiger partial charge in [0.05, 0.1) is 5.41 Å². The van der Waals surface area contributed by atoms with Crippen LogP contribution in [0.2, 0.25) is 0 Å². The van der Waals surface area contributed by atoms with Crippen LogP contribution in [-0.2, 0) is 14.0 Å². The van der Waals surface area contributed by atoms with Gasteiger partial charge in [-0.05, 0) is 49.9 Å². The molecule has 1 saturated heterocycles. The number of amides is 2. The second kappa shape index (κ2) is 9.43. The van der Waals surface area contributed by atoms with Crippen LogP contribution < -0.4 is 10.4 Å². The van der Waals surface area contributed by atoms with Gasteiger partial charge in [0.15, 0.2) is 0 Å². The number of ether oxygens (including phenoxy) is 1. The fourth-order valence-electron chi connectivity index (χ4n) is 4.28. The standard InChI is InChI=1S/C27H37NO4Si/c1-25(2,3)22-18-27(7,23(29)28(22)24(30)32-26(4,5)6)19-31-33(20-14-10-8-11-15-20)21-16-12-9-13-17-21/h8-17,22,33H,18-19H2,1-7H3/t22-,27+/m0/s1. The summed E-state index contributed by atoms with van der Waals surface area (Å²) in [5.41, 5.74) is -1.75. The Bertz CT molecular complexity index is 926. The van der Waals surface area contributed by atoms with E-state index in [1.807, 2.05) is 64.1 Å². The third-order valence-electron chi connectivity index (χ3n) is 6.05. The normalized spacial score (nSPS) is 21.5. The summed E-state index contributed by atoms with van der Waals surface area (Å²) in [6.07, 6.45) is -0.0321. The molecule has 0 bridgehead atoms. The number of nitrogens with zero attached hydrogens (tertiary/aromatic N) is 1. The molecule has 2 atom stereocenters. The minimum atomic E-state index is -2.01. The summed E-state index contributed by atoms with van der Waals surface area (Å²) < 4.78 is 12.2. The molecule has 0 spiro atoms. The van der Waals surface area contributed by atoms with Crippen LogP contribution in [0.3, 0.4) is 0 Å². The topological polar surface area (TPSA) is 55.8 Å². The van der Waals surface area contributed by atoms with Gasteiger partial charge in [-0.15, -0.1) is 0 Å². The van der Waals surface area contributed by atoms with E-state index in [0.717, 1.165) is 10.4 Å². The summed E-state index contributed by atoms with van der Waals surface area (Å²) in [5.74, 6) is -0.217. The Morgan fingerprint density at radius 1 is 0.970 bits per heavy atom. The average Bonchev–Trinajstić information content (AvgIpc) is 3.00. The molecule has 0 unspecified atom stereocenters. The number of carbonyl (C=O) groups excluding carboxylic acids is 2. The molecule has 1 aliphatic heterocycles. The van der Waals surface area contributed by atoms with Gasteiger partial charge in [-0.3, -0.25) is 4.79 Å². The van der Waals surface area contributed by atoms with Crippen molar-refractivity contribution in [3.8, 4) is 0 Å². The molecule has 2 amide bonds. The zero-order valence-corrected chi connectivity index (χ0v) is 22.1. The molecule has 0 radical (unpaired) electrons. The van der Waals surface area contributed by atoms with Crippen LogP contribution in [0.25, 0.3) is 0 Å². The number of rotatable bonds is 5. The molecule has 5 nitrogen and oxygen atoms in total. The first-order valence-corrected chi connectivity index (χ1v) is 13.2. The number of carbonyl (C=O) groups is 2. The summed E-state index contributed by atoms with van der Waals surface area (Å²) in [6, 6.07) is 20.2. The predicted octanol–water partition coefficient (Wildman–Crippen LogP) is 4.13. The van der Waals surface area contributed by atoms with E-state index in [9.17, 15) is 9.59 Å². The van der Waals surface area contributed by atoms with Crippen LogP contribution in [0.4, 0.5) is 4.79 Å². The number of imide groups is 1. The van der Waals surface area contributed by atoms with Crippen LogP contribution in [0.5, 0.6) is 0 Å². The Morgan fingerprint density at radius 3 is 1.88 bits per heavy atom. The van der Waals surface area contributed by atoms with E-state index >= 15 is 0 Å². The van der Waals surface area contributed by atoms with Gasteiger partial charge in [-0.25, -0.2) is 9.69 Å². The lowest BCUT2D eigenvalue weighted by Gasteiger charge is -2.34. The molecule has 0 N–H and O–H groups in total. The Morgan fingerprint density at radius 2 is 1.45 bits per heavy atom. The fraction of sp³-hybridized carbons (Fsp3) is 0.481. The minimum Gasteiger partial charge on any atom is -0.443 e. The van der Waals surface area contributed by atoms with Crippen molar-refractivity contribution in [2.45, 2.75) is 66.5 Å². The second-order valence-electron chi connectivity index (χ2n) is 11.3. The monoisotopic (exact) mass is 467 g/mol. The summed E-state index contributed by atoms with van der Waals surface area (Å²) in [7, 11) is -2.01. The Hall–Kier alpha value is -2.44. The number of likely N-dealkylation sites (tertiary alicyclic amines) is 1. The van der Waals surface area contributed by atoms with Crippen molar-refractivity contribution in [2.24, 2.45) is 10.8 Å². The highest BCUT2D eigenvalue weighted by Crippen LogP contribution is 2.44. The van der Waals surface area contributed by atoms with Gasteiger partial charge in [-0.2, -0.15) is 0 Å². The molecule has 1 aliphatic rings. The molecule has 0 saturated carbocycles. The molecule has 0 aliphatic carbocycles. The maximum Gasteiger partial charge on any atom is 0.417 e. The van der Waals surface area contributed by atoms with Crippen molar-refractivity contribution in [2.75, 3.05) is 6.61 Å². The van der Waals surface area contributed by atoms with Crippen LogP contribution in [0, 0.1) is 10.8 Å². The van der Waals surface area contributed by atoms with Gasteiger partial charge >= 0.3 is 6.09 Å². The number of hydrogen-bond acceptors (Lipinski definition) is 4. The maximum atomic E-state index is 13.7. The fourth-order valence-corrected chi connectivity index (χ4v) is 6.73. The molecule has 6 heteroatoms. The molecule has 3 rings (SSSR count). The molecule has 0 aromatic heterocycles. The van der Waals surface area contributed by atoms with Crippen LogP contribution in [0.15, 0.2) is 60.7 Å². The van der Waals surface area contributed by atoms with Gasteiger partial charge in [0.25, 0.3) is 0 Å². The quantitative estimate of drug-likeness (QED) is 0.621. The Balaban J connectivity index is 1.88. The lowest BCUT2D eigenvalue weighted by Crippen LogP contribution is -2.49. The molecule has 33 heavy (non-hydrogen) atoms. The molecule has 1 fully saturated rings. The molecular formula is C27H37NO4Si. The van der Waals surface area contributed by atoms with E-state index < -0.39 is 26.1 Å². The average molecular weight is 468 g/mol. The van der Waals surface area contributed by atoms with Crippen molar-refractivity contribution in [1.82, 2.24) is 4.90 Å². The third kappa shape index (κ3) is 5.92. The zero-order valence-electron chi connectivity index (χ0n) is 20.9. The lowest BCUT2D eigenvalue weighted by molar-refractivity contribution is -0.137. The van der Waals surface area contributed by atoms with Crippen molar-refractivity contribution in [1.29, 1.82) is 0 Å². The molecule has 1 heterocycles. The Labute approximate surface area is 199 Å². The second-order valence-corrected chi connectivity index (χ2v) is 13.7. The first-order chi connectivity index (χ1) is 15.3. The molecule has 2 aromatic carbocycles. The maximum absolute atomic E-state index is 13.7. The molecular weight excluding hydrogens is 430 g/mol. The largest absolute Gasteiger partial charge is 0.443 e. The van der Waals surface area contributed by atoms with Crippen molar-refractivity contribution in [3.05, 3.63) is 60.7 Å². The summed E-state index contributed by atoms with van der Waals surface area (Å²) in [6.45, 7) is 13.8. The number of hydrogen-bond donors (Lipinski definition) is 0. The van der Waals surface area contributed by atoms with Gasteiger partial charge in [-0.1, -0.05) is 81.4 Å². The lowest BCUT2D eigenvalue weighted by atomic mass is 9.79. The van der Waals surface area contributed by atoms with E-state index in [4.69, 9.17) is 9.16 Å². The van der Waals surface area contributed by atoms with Crippen LogP contribution >= 0.6 is 0 Å². The highest BCUT2D eigenvalue weighted by molar-refractivity contribution is 6.80. The van der Waals surface area contributed by atoms with Crippen molar-refractivity contribution < 1.29 is 18.8 Å². The van der Waals surface area contributed by atoms with Gasteiger partial charge in [0, 0.05) is 12.6 Å².